The van der Waals surface area contributed by atoms with Crippen molar-refractivity contribution in [1.29, 1.82) is 0 Å². The lowest BCUT2D eigenvalue weighted by molar-refractivity contribution is -0.113. The van der Waals surface area contributed by atoms with E-state index < -0.39 is 0 Å². The van der Waals surface area contributed by atoms with Gasteiger partial charge in [0.1, 0.15) is 11.0 Å². The fourth-order valence-electron chi connectivity index (χ4n) is 0.836. The van der Waals surface area contributed by atoms with Crippen LogP contribution in [0.15, 0.2) is 12.3 Å². The SMILES string of the molecule is Cc1cc(Cl)ncc1NC(=O)CCl. The van der Waals surface area contributed by atoms with Crippen LogP contribution in [0.3, 0.4) is 0 Å². The van der Waals surface area contributed by atoms with E-state index in [0.29, 0.717) is 10.8 Å². The highest BCUT2D eigenvalue weighted by atomic mass is 35.5. The molecular formula is C8H8Cl2N2O. The smallest absolute Gasteiger partial charge is 0.239 e. The molecule has 0 saturated carbocycles. The van der Waals surface area contributed by atoms with Crippen molar-refractivity contribution in [2.24, 2.45) is 0 Å². The van der Waals surface area contributed by atoms with Crippen LogP contribution in [0.1, 0.15) is 5.56 Å². The van der Waals surface area contributed by atoms with Crippen LogP contribution < -0.4 is 5.32 Å². The van der Waals surface area contributed by atoms with Gasteiger partial charge < -0.3 is 5.32 Å². The van der Waals surface area contributed by atoms with Crippen molar-refractivity contribution in [2.75, 3.05) is 11.2 Å². The lowest BCUT2D eigenvalue weighted by Crippen LogP contribution is -2.13. The zero-order chi connectivity index (χ0) is 9.84. The van der Waals surface area contributed by atoms with Gasteiger partial charge in [0.25, 0.3) is 0 Å². The molecule has 0 spiro atoms. The van der Waals surface area contributed by atoms with Gasteiger partial charge in [0.2, 0.25) is 5.91 Å². The fourth-order valence-corrected chi connectivity index (χ4v) is 1.12. The minimum Gasteiger partial charge on any atom is -0.323 e. The van der Waals surface area contributed by atoms with Gasteiger partial charge in [-0.3, -0.25) is 4.79 Å². The first-order valence-corrected chi connectivity index (χ1v) is 4.52. The Balaban J connectivity index is 2.83. The predicted molar refractivity (Wildman–Crippen MR) is 53.3 cm³/mol. The summed E-state index contributed by atoms with van der Waals surface area (Å²) in [5.41, 5.74) is 1.49. The zero-order valence-electron chi connectivity index (χ0n) is 6.97. The second kappa shape index (κ2) is 4.44. The average molecular weight is 219 g/mol. The number of carbonyl (C=O) groups is 1. The highest BCUT2D eigenvalue weighted by molar-refractivity contribution is 6.30. The van der Waals surface area contributed by atoms with Gasteiger partial charge in [0, 0.05) is 0 Å². The number of alkyl halides is 1. The van der Waals surface area contributed by atoms with Gasteiger partial charge >= 0.3 is 0 Å². The third-order valence-electron chi connectivity index (χ3n) is 1.47. The molecule has 0 radical (unpaired) electrons. The molecule has 0 fully saturated rings. The summed E-state index contributed by atoms with van der Waals surface area (Å²) in [6.07, 6.45) is 1.50. The van der Waals surface area contributed by atoms with E-state index in [2.05, 4.69) is 10.3 Å². The number of anilines is 1. The first-order chi connectivity index (χ1) is 6.13. The Morgan fingerprint density at radius 1 is 1.69 bits per heavy atom. The molecule has 0 unspecified atom stereocenters. The molecule has 5 heteroatoms. The highest BCUT2D eigenvalue weighted by Crippen LogP contribution is 2.16. The van der Waals surface area contributed by atoms with E-state index >= 15 is 0 Å². The summed E-state index contributed by atoms with van der Waals surface area (Å²) in [5.74, 6) is -0.323. The molecule has 13 heavy (non-hydrogen) atoms. The Morgan fingerprint density at radius 2 is 2.38 bits per heavy atom. The maximum absolute atomic E-state index is 10.9. The van der Waals surface area contributed by atoms with Crippen LogP contribution in [0.2, 0.25) is 5.15 Å². The molecule has 1 aromatic heterocycles. The Kier molecular flexibility index (Phi) is 3.51. The second-order valence-corrected chi connectivity index (χ2v) is 3.16. The van der Waals surface area contributed by atoms with Gasteiger partial charge in [0.15, 0.2) is 0 Å². The monoisotopic (exact) mass is 218 g/mol. The summed E-state index contributed by atoms with van der Waals surface area (Å²) in [4.78, 5) is 14.7. The zero-order valence-corrected chi connectivity index (χ0v) is 8.49. The van der Waals surface area contributed by atoms with Crippen molar-refractivity contribution < 1.29 is 4.79 Å². The molecule has 0 atom stereocenters. The van der Waals surface area contributed by atoms with Crippen LogP contribution in [-0.2, 0) is 4.79 Å². The molecule has 70 valence electrons. The average Bonchev–Trinajstić information content (AvgIpc) is 2.09. The lowest BCUT2D eigenvalue weighted by Gasteiger charge is -2.05. The number of aromatic nitrogens is 1. The third-order valence-corrected chi connectivity index (χ3v) is 1.92. The van der Waals surface area contributed by atoms with Crippen LogP contribution in [0.4, 0.5) is 5.69 Å². The molecule has 1 amide bonds. The summed E-state index contributed by atoms with van der Waals surface area (Å²) in [7, 11) is 0. The van der Waals surface area contributed by atoms with Crippen molar-refractivity contribution in [3.8, 4) is 0 Å². The van der Waals surface area contributed by atoms with Crippen molar-refractivity contribution in [3.05, 3.63) is 23.0 Å². The molecule has 3 nitrogen and oxygen atoms in total. The summed E-state index contributed by atoms with van der Waals surface area (Å²) < 4.78 is 0. The van der Waals surface area contributed by atoms with E-state index in [1.165, 1.54) is 6.20 Å². The van der Waals surface area contributed by atoms with Gasteiger partial charge in [-0.25, -0.2) is 4.98 Å². The van der Waals surface area contributed by atoms with Crippen LogP contribution in [0.25, 0.3) is 0 Å². The minimum atomic E-state index is -0.256. The van der Waals surface area contributed by atoms with Gasteiger partial charge in [-0.05, 0) is 18.6 Å². The number of carbonyl (C=O) groups excluding carboxylic acids is 1. The van der Waals surface area contributed by atoms with Crippen LogP contribution in [0.5, 0.6) is 0 Å². The minimum absolute atomic E-state index is 0.0674. The Morgan fingerprint density at radius 3 is 2.92 bits per heavy atom. The molecule has 1 N–H and O–H groups in total. The lowest BCUT2D eigenvalue weighted by atomic mass is 10.2. The standard InChI is InChI=1S/C8H8Cl2N2O/c1-5-2-7(10)11-4-6(5)12-8(13)3-9/h2,4H,3H2,1H3,(H,12,13). The molecule has 0 aromatic carbocycles. The van der Waals surface area contributed by atoms with Crippen molar-refractivity contribution in [3.63, 3.8) is 0 Å². The molecule has 1 heterocycles. The Bertz CT molecular complexity index is 328. The van der Waals surface area contributed by atoms with Gasteiger partial charge in [-0.15, -0.1) is 11.6 Å². The van der Waals surface area contributed by atoms with E-state index in [4.69, 9.17) is 23.2 Å². The summed E-state index contributed by atoms with van der Waals surface area (Å²) in [6.45, 7) is 1.83. The number of hydrogen-bond acceptors (Lipinski definition) is 2. The van der Waals surface area contributed by atoms with Gasteiger partial charge in [-0.2, -0.15) is 0 Å². The number of nitrogens with one attached hydrogen (secondary N) is 1. The Labute approximate surface area is 86.1 Å². The summed E-state index contributed by atoms with van der Waals surface area (Å²) in [6, 6.07) is 1.67. The fraction of sp³-hybridized carbons (Fsp3) is 0.250. The van der Waals surface area contributed by atoms with E-state index in [1.54, 1.807) is 6.07 Å². The highest BCUT2D eigenvalue weighted by Gasteiger charge is 2.03. The van der Waals surface area contributed by atoms with E-state index in [9.17, 15) is 4.79 Å². The first kappa shape index (κ1) is 10.3. The molecule has 0 aliphatic heterocycles. The number of nitrogens with zero attached hydrogens (tertiary/aromatic N) is 1. The molecule has 0 aliphatic carbocycles. The Hall–Kier alpha value is -0.800. The second-order valence-electron chi connectivity index (χ2n) is 2.50. The molecular weight excluding hydrogens is 211 g/mol. The van der Waals surface area contributed by atoms with Crippen molar-refractivity contribution in [1.82, 2.24) is 4.98 Å². The molecule has 0 saturated heterocycles. The van der Waals surface area contributed by atoms with Crippen LogP contribution in [0, 0.1) is 6.92 Å². The molecule has 1 rings (SSSR count). The topological polar surface area (TPSA) is 42.0 Å². The number of aryl methyl sites for hydroxylation is 1. The van der Waals surface area contributed by atoms with E-state index in [-0.39, 0.29) is 11.8 Å². The van der Waals surface area contributed by atoms with Gasteiger partial charge in [-0.1, -0.05) is 11.6 Å². The van der Waals surface area contributed by atoms with Crippen molar-refractivity contribution in [2.45, 2.75) is 6.92 Å². The number of hydrogen-bond donors (Lipinski definition) is 1. The van der Waals surface area contributed by atoms with Crippen LogP contribution >= 0.6 is 23.2 Å². The summed E-state index contributed by atoms with van der Waals surface area (Å²) in [5, 5.41) is 3.00. The third kappa shape index (κ3) is 2.86. The van der Waals surface area contributed by atoms with Crippen molar-refractivity contribution >= 4 is 34.8 Å². The van der Waals surface area contributed by atoms with Crippen LogP contribution in [-0.4, -0.2) is 16.8 Å². The number of pyridine rings is 1. The quantitative estimate of drug-likeness (QED) is 0.612. The largest absolute Gasteiger partial charge is 0.323 e. The summed E-state index contributed by atoms with van der Waals surface area (Å²) >= 11 is 11.0. The maximum atomic E-state index is 10.9. The molecule has 0 bridgehead atoms. The van der Waals surface area contributed by atoms with E-state index in [1.807, 2.05) is 6.92 Å². The molecule has 0 aliphatic rings. The normalized spacial score (nSPS) is 9.77. The maximum Gasteiger partial charge on any atom is 0.239 e. The number of amides is 1. The number of halogens is 2. The predicted octanol–water partition coefficient (Wildman–Crippen LogP) is 2.22. The number of rotatable bonds is 2. The van der Waals surface area contributed by atoms with Gasteiger partial charge in [0.05, 0.1) is 11.9 Å². The van der Waals surface area contributed by atoms with E-state index in [0.717, 1.165) is 5.56 Å². The first-order valence-electron chi connectivity index (χ1n) is 3.61. The molecule has 1 aromatic rings.